The Morgan fingerprint density at radius 2 is 1.86 bits per heavy atom. The zero-order chi connectivity index (χ0) is 14.8. The molecular weight excluding hydrogens is 266 g/mol. The number of benzene rings is 2. The number of aromatic amines is 1. The van der Waals surface area contributed by atoms with Gasteiger partial charge in [-0.25, -0.2) is 0 Å². The first kappa shape index (κ1) is 13.2. The van der Waals surface area contributed by atoms with Gasteiger partial charge in [-0.15, -0.1) is 0 Å². The molecule has 0 spiro atoms. The fourth-order valence-electron chi connectivity index (χ4n) is 2.42. The molecule has 0 saturated heterocycles. The predicted molar refractivity (Wildman–Crippen MR) is 81.3 cm³/mol. The van der Waals surface area contributed by atoms with Crippen LogP contribution in [-0.4, -0.2) is 25.0 Å². The molecule has 0 radical (unpaired) electrons. The van der Waals surface area contributed by atoms with Gasteiger partial charge in [0, 0.05) is 17.3 Å². The van der Waals surface area contributed by atoms with Gasteiger partial charge in [-0.2, -0.15) is 0 Å². The van der Waals surface area contributed by atoms with E-state index in [-0.39, 0.29) is 5.78 Å². The lowest BCUT2D eigenvalue weighted by molar-refractivity contribution is 0.104. The molecule has 0 amide bonds. The molecule has 0 aliphatic rings. The Balaban J connectivity index is 2.13. The lowest BCUT2D eigenvalue weighted by Gasteiger charge is -2.06. The summed E-state index contributed by atoms with van der Waals surface area (Å²) in [5, 5.41) is 0.799. The fourth-order valence-corrected chi connectivity index (χ4v) is 2.42. The number of ether oxygens (including phenoxy) is 2. The monoisotopic (exact) mass is 281 g/mol. The molecule has 3 aromatic rings. The number of carbonyl (C=O) groups excluding carboxylic acids is 1. The normalized spacial score (nSPS) is 10.6. The van der Waals surface area contributed by atoms with Crippen molar-refractivity contribution in [2.24, 2.45) is 0 Å². The lowest BCUT2D eigenvalue weighted by Crippen LogP contribution is -2.01. The summed E-state index contributed by atoms with van der Waals surface area (Å²) in [6, 6.07) is 12.8. The molecular formula is C17H15NO3. The maximum absolute atomic E-state index is 12.7. The second-order valence-electron chi connectivity index (χ2n) is 4.65. The van der Waals surface area contributed by atoms with Crippen LogP contribution in [0.2, 0.25) is 0 Å². The molecule has 1 heterocycles. The molecule has 3 rings (SSSR count). The van der Waals surface area contributed by atoms with Crippen molar-refractivity contribution >= 4 is 16.7 Å². The molecule has 0 saturated carbocycles. The topological polar surface area (TPSA) is 51.3 Å². The third-order valence-corrected chi connectivity index (χ3v) is 3.46. The van der Waals surface area contributed by atoms with Crippen LogP contribution in [0.5, 0.6) is 11.5 Å². The van der Waals surface area contributed by atoms with E-state index >= 15 is 0 Å². The standard InChI is InChI=1S/C17H15NO3/c1-20-12-6-3-5-11(9-12)17(19)13-10-18-14-7-4-8-15(21-2)16(13)14/h3-10,18H,1-2H3. The number of aromatic nitrogens is 1. The van der Waals surface area contributed by atoms with Crippen LogP contribution in [0, 0.1) is 0 Å². The van der Waals surface area contributed by atoms with Gasteiger partial charge in [0.05, 0.1) is 25.2 Å². The highest BCUT2D eigenvalue weighted by Gasteiger charge is 2.17. The van der Waals surface area contributed by atoms with Gasteiger partial charge in [0.2, 0.25) is 0 Å². The second kappa shape index (κ2) is 5.32. The zero-order valence-electron chi connectivity index (χ0n) is 11.8. The van der Waals surface area contributed by atoms with Gasteiger partial charge in [0.25, 0.3) is 0 Å². The number of fused-ring (bicyclic) bond motifs is 1. The number of H-pyrrole nitrogens is 1. The smallest absolute Gasteiger partial charge is 0.195 e. The summed E-state index contributed by atoms with van der Waals surface area (Å²) in [6.07, 6.45) is 1.72. The minimum atomic E-state index is -0.0651. The predicted octanol–water partition coefficient (Wildman–Crippen LogP) is 3.42. The van der Waals surface area contributed by atoms with Gasteiger partial charge in [0.15, 0.2) is 5.78 Å². The number of hydrogen-bond acceptors (Lipinski definition) is 3. The van der Waals surface area contributed by atoms with Crippen LogP contribution in [-0.2, 0) is 0 Å². The molecule has 21 heavy (non-hydrogen) atoms. The zero-order valence-corrected chi connectivity index (χ0v) is 11.8. The quantitative estimate of drug-likeness (QED) is 0.745. The highest BCUT2D eigenvalue weighted by Crippen LogP contribution is 2.30. The van der Waals surface area contributed by atoms with Crippen LogP contribution in [0.1, 0.15) is 15.9 Å². The highest BCUT2D eigenvalue weighted by molar-refractivity contribution is 6.17. The Labute approximate surface area is 122 Å². The van der Waals surface area contributed by atoms with Crippen LogP contribution in [0.25, 0.3) is 10.9 Å². The highest BCUT2D eigenvalue weighted by atomic mass is 16.5. The van der Waals surface area contributed by atoms with Crippen molar-refractivity contribution < 1.29 is 14.3 Å². The third kappa shape index (κ3) is 2.25. The van der Waals surface area contributed by atoms with E-state index in [1.807, 2.05) is 24.3 Å². The molecule has 1 aromatic heterocycles. The Bertz CT molecular complexity index is 805. The Morgan fingerprint density at radius 1 is 1.05 bits per heavy atom. The van der Waals surface area contributed by atoms with Gasteiger partial charge in [-0.1, -0.05) is 18.2 Å². The molecule has 4 heteroatoms. The SMILES string of the molecule is COc1cccc(C(=O)c2c[nH]c3cccc(OC)c23)c1. The first-order chi connectivity index (χ1) is 10.2. The summed E-state index contributed by atoms with van der Waals surface area (Å²) in [6.45, 7) is 0. The van der Waals surface area contributed by atoms with Gasteiger partial charge in [0.1, 0.15) is 11.5 Å². The largest absolute Gasteiger partial charge is 0.497 e. The minimum Gasteiger partial charge on any atom is -0.497 e. The molecule has 0 fully saturated rings. The number of ketones is 1. The van der Waals surface area contributed by atoms with E-state index in [0.717, 1.165) is 10.9 Å². The number of hydrogen-bond donors (Lipinski definition) is 1. The van der Waals surface area contributed by atoms with Crippen molar-refractivity contribution in [1.29, 1.82) is 0 Å². The maximum atomic E-state index is 12.7. The summed E-state index contributed by atoms with van der Waals surface area (Å²) in [7, 11) is 3.18. The van der Waals surface area contributed by atoms with E-state index in [9.17, 15) is 4.79 Å². The van der Waals surface area contributed by atoms with Crippen molar-refractivity contribution in [2.45, 2.75) is 0 Å². The van der Waals surface area contributed by atoms with E-state index < -0.39 is 0 Å². The van der Waals surface area contributed by atoms with Gasteiger partial charge in [-0.05, 0) is 24.3 Å². The molecule has 0 bridgehead atoms. The average molecular weight is 281 g/mol. The van der Waals surface area contributed by atoms with Gasteiger partial charge < -0.3 is 14.5 Å². The molecule has 0 unspecified atom stereocenters. The lowest BCUT2D eigenvalue weighted by atomic mass is 10.0. The van der Waals surface area contributed by atoms with Crippen molar-refractivity contribution in [3.05, 3.63) is 59.8 Å². The van der Waals surface area contributed by atoms with E-state index in [0.29, 0.717) is 22.6 Å². The van der Waals surface area contributed by atoms with Crippen LogP contribution >= 0.6 is 0 Å². The number of carbonyl (C=O) groups is 1. The van der Waals surface area contributed by atoms with E-state index in [2.05, 4.69) is 4.98 Å². The van der Waals surface area contributed by atoms with Crippen molar-refractivity contribution in [1.82, 2.24) is 4.98 Å². The minimum absolute atomic E-state index is 0.0651. The van der Waals surface area contributed by atoms with Crippen LogP contribution < -0.4 is 9.47 Å². The summed E-state index contributed by atoms with van der Waals surface area (Å²) >= 11 is 0. The summed E-state index contributed by atoms with van der Waals surface area (Å²) in [4.78, 5) is 15.8. The third-order valence-electron chi connectivity index (χ3n) is 3.46. The summed E-state index contributed by atoms with van der Waals surface area (Å²) in [5.41, 5.74) is 2.05. The van der Waals surface area contributed by atoms with E-state index in [4.69, 9.17) is 9.47 Å². The molecule has 106 valence electrons. The number of rotatable bonds is 4. The maximum Gasteiger partial charge on any atom is 0.195 e. The molecule has 1 N–H and O–H groups in total. The van der Waals surface area contributed by atoms with Gasteiger partial charge >= 0.3 is 0 Å². The van der Waals surface area contributed by atoms with Crippen molar-refractivity contribution in [3.63, 3.8) is 0 Å². The number of nitrogens with one attached hydrogen (secondary N) is 1. The Morgan fingerprint density at radius 3 is 2.62 bits per heavy atom. The fraction of sp³-hybridized carbons (Fsp3) is 0.118. The van der Waals surface area contributed by atoms with E-state index in [1.165, 1.54) is 0 Å². The summed E-state index contributed by atoms with van der Waals surface area (Å²) < 4.78 is 10.5. The van der Waals surface area contributed by atoms with Crippen LogP contribution in [0.15, 0.2) is 48.7 Å². The molecule has 0 aliphatic heterocycles. The van der Waals surface area contributed by atoms with Crippen LogP contribution in [0.3, 0.4) is 0 Å². The van der Waals surface area contributed by atoms with Crippen molar-refractivity contribution in [3.8, 4) is 11.5 Å². The molecule has 0 atom stereocenters. The first-order valence-corrected chi connectivity index (χ1v) is 6.57. The molecule has 2 aromatic carbocycles. The Kier molecular flexibility index (Phi) is 3.36. The van der Waals surface area contributed by atoms with Crippen molar-refractivity contribution in [2.75, 3.05) is 14.2 Å². The molecule has 0 aliphatic carbocycles. The number of methoxy groups -OCH3 is 2. The summed E-state index contributed by atoms with van der Waals surface area (Å²) in [5.74, 6) is 1.28. The van der Waals surface area contributed by atoms with E-state index in [1.54, 1.807) is 38.6 Å². The van der Waals surface area contributed by atoms with Gasteiger partial charge in [-0.3, -0.25) is 4.79 Å². The first-order valence-electron chi connectivity index (χ1n) is 6.57. The van der Waals surface area contributed by atoms with Crippen LogP contribution in [0.4, 0.5) is 0 Å². The molecule has 4 nitrogen and oxygen atoms in total. The second-order valence-corrected chi connectivity index (χ2v) is 4.65. The Hall–Kier alpha value is -2.75. The average Bonchev–Trinajstić information content (AvgIpc) is 2.98.